The molecule has 136 valence electrons. The predicted octanol–water partition coefficient (Wildman–Crippen LogP) is 4.39. The van der Waals surface area contributed by atoms with E-state index in [1.165, 1.54) is 10.4 Å². The first-order valence-electron chi connectivity index (χ1n) is 8.96. The van der Waals surface area contributed by atoms with Gasteiger partial charge in [-0.2, -0.15) is 0 Å². The number of aromatic nitrogens is 2. The van der Waals surface area contributed by atoms with Gasteiger partial charge in [-0.05, 0) is 49.4 Å². The molecule has 0 aliphatic heterocycles. The highest BCUT2D eigenvalue weighted by Gasteiger charge is 2.23. The summed E-state index contributed by atoms with van der Waals surface area (Å²) in [6.07, 6.45) is 3.21. The third kappa shape index (κ3) is 3.43. The van der Waals surface area contributed by atoms with Gasteiger partial charge in [-0.3, -0.25) is 9.69 Å². The second kappa shape index (κ2) is 7.14. The van der Waals surface area contributed by atoms with Crippen LogP contribution < -0.4 is 5.56 Å². The zero-order valence-electron chi connectivity index (χ0n) is 15.0. The first-order valence-corrected chi connectivity index (χ1v) is 10.2. The van der Waals surface area contributed by atoms with Crippen LogP contribution in [0.3, 0.4) is 0 Å². The van der Waals surface area contributed by atoms with Gasteiger partial charge in [0.25, 0.3) is 5.56 Å². The summed E-state index contributed by atoms with van der Waals surface area (Å²) in [6, 6.07) is 7.83. The van der Waals surface area contributed by atoms with Crippen molar-refractivity contribution >= 4 is 33.2 Å². The Balaban J connectivity index is 1.59. The van der Waals surface area contributed by atoms with E-state index in [2.05, 4.69) is 16.8 Å². The molecule has 0 amide bonds. The maximum Gasteiger partial charge on any atom is 0.259 e. The quantitative estimate of drug-likeness (QED) is 0.722. The molecule has 1 aromatic carbocycles. The van der Waals surface area contributed by atoms with Gasteiger partial charge in [0.2, 0.25) is 0 Å². The van der Waals surface area contributed by atoms with Crippen molar-refractivity contribution in [2.75, 3.05) is 7.05 Å². The molecule has 0 radical (unpaired) electrons. The van der Waals surface area contributed by atoms with Crippen LogP contribution in [0.25, 0.3) is 10.2 Å². The van der Waals surface area contributed by atoms with Crippen LogP contribution in [0.15, 0.2) is 29.1 Å². The normalized spacial score (nSPS) is 17.0. The minimum absolute atomic E-state index is 0.00296. The fourth-order valence-electron chi connectivity index (χ4n) is 3.70. The fourth-order valence-corrected chi connectivity index (χ4v) is 5.30. The third-order valence-electron chi connectivity index (χ3n) is 5.03. The molecule has 0 bridgehead atoms. The van der Waals surface area contributed by atoms with Crippen LogP contribution in [0.4, 0.5) is 0 Å². The van der Waals surface area contributed by atoms with Crippen molar-refractivity contribution in [1.82, 2.24) is 14.9 Å². The van der Waals surface area contributed by atoms with Gasteiger partial charge in [0.1, 0.15) is 10.7 Å². The summed E-state index contributed by atoms with van der Waals surface area (Å²) >= 11 is 7.94. The molecular weight excluding hydrogens is 366 g/mol. The molecule has 2 aromatic heterocycles. The van der Waals surface area contributed by atoms with E-state index in [-0.39, 0.29) is 5.56 Å². The first-order chi connectivity index (χ1) is 12.5. The van der Waals surface area contributed by atoms with Crippen LogP contribution in [0.1, 0.15) is 35.2 Å². The summed E-state index contributed by atoms with van der Waals surface area (Å²) in [5.41, 5.74) is 2.30. The molecule has 1 aliphatic carbocycles. The Hall–Kier alpha value is -1.69. The topological polar surface area (TPSA) is 49.0 Å². The molecule has 0 unspecified atom stereocenters. The summed E-state index contributed by atoms with van der Waals surface area (Å²) in [5, 5.41) is 1.57. The van der Waals surface area contributed by atoms with Crippen LogP contribution in [-0.2, 0) is 25.9 Å². The van der Waals surface area contributed by atoms with Gasteiger partial charge in [0.05, 0.1) is 11.9 Å². The van der Waals surface area contributed by atoms with Crippen LogP contribution in [-0.4, -0.2) is 21.9 Å². The Morgan fingerprint density at radius 1 is 1.35 bits per heavy atom. The minimum Gasteiger partial charge on any atom is -0.309 e. The van der Waals surface area contributed by atoms with E-state index in [4.69, 9.17) is 16.6 Å². The number of aromatic amines is 1. The number of rotatable bonds is 4. The van der Waals surface area contributed by atoms with E-state index >= 15 is 0 Å². The van der Waals surface area contributed by atoms with Crippen molar-refractivity contribution in [3.8, 4) is 0 Å². The average Bonchev–Trinajstić information content (AvgIpc) is 2.94. The second-order valence-electron chi connectivity index (χ2n) is 7.31. The number of halogens is 1. The maximum absolute atomic E-state index is 12.7. The molecule has 3 aromatic rings. The highest BCUT2D eigenvalue weighted by Crippen LogP contribution is 2.35. The summed E-state index contributed by atoms with van der Waals surface area (Å²) in [7, 11) is 2.01. The molecule has 26 heavy (non-hydrogen) atoms. The van der Waals surface area contributed by atoms with E-state index in [1.54, 1.807) is 11.3 Å². The maximum atomic E-state index is 12.7. The van der Waals surface area contributed by atoms with Crippen molar-refractivity contribution in [1.29, 1.82) is 0 Å². The van der Waals surface area contributed by atoms with Gasteiger partial charge in [0.15, 0.2) is 0 Å². The molecule has 0 saturated heterocycles. The van der Waals surface area contributed by atoms with Crippen molar-refractivity contribution in [2.24, 2.45) is 5.92 Å². The van der Waals surface area contributed by atoms with Gasteiger partial charge < -0.3 is 4.98 Å². The Labute approximate surface area is 161 Å². The number of hydrogen-bond acceptors (Lipinski definition) is 4. The molecule has 1 N–H and O–H groups in total. The lowest BCUT2D eigenvalue weighted by Crippen LogP contribution is -2.22. The molecule has 6 heteroatoms. The zero-order valence-corrected chi connectivity index (χ0v) is 16.6. The molecule has 0 saturated carbocycles. The molecule has 4 rings (SSSR count). The number of hydrogen-bond donors (Lipinski definition) is 1. The number of fused-ring (bicyclic) bond motifs is 3. The summed E-state index contributed by atoms with van der Waals surface area (Å²) < 4.78 is 0. The minimum atomic E-state index is 0.00296. The Morgan fingerprint density at radius 2 is 2.15 bits per heavy atom. The monoisotopic (exact) mass is 387 g/mol. The van der Waals surface area contributed by atoms with Gasteiger partial charge in [0, 0.05) is 16.4 Å². The van der Waals surface area contributed by atoms with Crippen molar-refractivity contribution in [3.63, 3.8) is 0 Å². The van der Waals surface area contributed by atoms with Gasteiger partial charge in [-0.1, -0.05) is 36.7 Å². The van der Waals surface area contributed by atoms with E-state index in [0.29, 0.717) is 24.8 Å². The van der Waals surface area contributed by atoms with Crippen molar-refractivity contribution in [3.05, 3.63) is 61.5 Å². The summed E-state index contributed by atoms with van der Waals surface area (Å²) in [6.45, 7) is 3.56. The number of nitrogens with one attached hydrogen (secondary N) is 1. The molecular formula is C20H22ClN3OS. The van der Waals surface area contributed by atoms with Crippen molar-refractivity contribution in [2.45, 2.75) is 39.3 Å². The van der Waals surface area contributed by atoms with Crippen LogP contribution in [0.2, 0.25) is 5.02 Å². The molecule has 2 heterocycles. The van der Waals surface area contributed by atoms with Gasteiger partial charge in [-0.15, -0.1) is 11.3 Å². The Bertz CT molecular complexity index is 1010. The summed E-state index contributed by atoms with van der Waals surface area (Å²) in [4.78, 5) is 24.8. The first kappa shape index (κ1) is 17.7. The predicted molar refractivity (Wildman–Crippen MR) is 108 cm³/mol. The molecule has 0 spiro atoms. The Morgan fingerprint density at radius 3 is 2.96 bits per heavy atom. The Kier molecular flexibility index (Phi) is 4.86. The fraction of sp³-hybridized carbons (Fsp3) is 0.400. The number of nitrogens with zero attached hydrogens (tertiary/aromatic N) is 2. The molecule has 4 nitrogen and oxygen atoms in total. The van der Waals surface area contributed by atoms with E-state index < -0.39 is 0 Å². The largest absolute Gasteiger partial charge is 0.309 e. The van der Waals surface area contributed by atoms with Crippen LogP contribution in [0, 0.1) is 5.92 Å². The number of aryl methyl sites for hydroxylation is 1. The zero-order chi connectivity index (χ0) is 18.3. The lowest BCUT2D eigenvalue weighted by molar-refractivity contribution is 0.311. The molecule has 0 fully saturated rings. The average molecular weight is 388 g/mol. The van der Waals surface area contributed by atoms with E-state index in [9.17, 15) is 4.79 Å². The summed E-state index contributed by atoms with van der Waals surface area (Å²) in [5.74, 6) is 1.40. The lowest BCUT2D eigenvalue weighted by atomic mass is 9.89. The highest BCUT2D eigenvalue weighted by molar-refractivity contribution is 7.18. The number of thiophene rings is 1. The third-order valence-corrected chi connectivity index (χ3v) is 6.55. The molecule has 1 aliphatic rings. The standard InChI is InChI=1S/C20H22ClN3OS/c1-12-7-8-14-16(9-12)26-20-18(14)19(25)22-17(23-20)11-24(2)10-13-5-3-4-6-15(13)21/h3-6,12H,7-11H2,1-2H3,(H,22,23,25)/t12-/m0/s1. The molecule has 1 atom stereocenters. The van der Waals surface area contributed by atoms with Gasteiger partial charge >= 0.3 is 0 Å². The van der Waals surface area contributed by atoms with E-state index in [1.807, 2.05) is 31.3 Å². The van der Waals surface area contributed by atoms with Crippen molar-refractivity contribution < 1.29 is 0 Å². The van der Waals surface area contributed by atoms with E-state index in [0.717, 1.165) is 40.1 Å². The van der Waals surface area contributed by atoms with Gasteiger partial charge in [-0.25, -0.2) is 4.98 Å². The van der Waals surface area contributed by atoms with Crippen LogP contribution >= 0.6 is 22.9 Å². The smallest absolute Gasteiger partial charge is 0.259 e. The SMILES string of the molecule is C[C@H]1CCc2c(sc3nc(CN(C)Cc4ccccc4Cl)[nH]c(=O)c23)C1. The second-order valence-corrected chi connectivity index (χ2v) is 8.80. The number of H-pyrrole nitrogens is 1. The lowest BCUT2D eigenvalue weighted by Gasteiger charge is -2.17. The van der Waals surface area contributed by atoms with Crippen LogP contribution in [0.5, 0.6) is 0 Å². The highest BCUT2D eigenvalue weighted by atomic mass is 35.5. The number of benzene rings is 1.